The standard InChI is InChI=1S/C23H23F4N3O4S/c1-22(2)12-33-13-29(15-4-3-14(9-28)18(7-15)23(25,26)27)21(35)30(22)16-5-6-20(19(24)8-16)34-11-17(32)10-31/h3-8,17,31-32H,10-13H2,1-2H3/t17-/m0/s1. The summed E-state index contributed by atoms with van der Waals surface area (Å²) in [5.41, 5.74) is -2.08. The van der Waals surface area contributed by atoms with E-state index in [1.54, 1.807) is 18.7 Å². The number of anilines is 2. The zero-order valence-corrected chi connectivity index (χ0v) is 19.7. The van der Waals surface area contributed by atoms with Gasteiger partial charge in [-0.1, -0.05) is 0 Å². The van der Waals surface area contributed by atoms with Crippen LogP contribution in [0.2, 0.25) is 0 Å². The summed E-state index contributed by atoms with van der Waals surface area (Å²) in [6.45, 7) is 2.66. The molecule has 0 spiro atoms. The Morgan fingerprint density at radius 1 is 1.23 bits per heavy atom. The molecule has 2 aromatic rings. The van der Waals surface area contributed by atoms with Crippen LogP contribution in [0.25, 0.3) is 0 Å². The molecule has 0 amide bonds. The molecule has 2 N–H and O–H groups in total. The number of hydrogen-bond acceptors (Lipinski definition) is 6. The predicted octanol–water partition coefficient (Wildman–Crippen LogP) is 3.81. The molecule has 1 atom stereocenters. The molecule has 7 nitrogen and oxygen atoms in total. The lowest BCUT2D eigenvalue weighted by molar-refractivity contribution is -0.137. The quantitative estimate of drug-likeness (QED) is 0.446. The van der Waals surface area contributed by atoms with Crippen molar-refractivity contribution < 1.29 is 37.2 Å². The van der Waals surface area contributed by atoms with Gasteiger partial charge in [0.25, 0.3) is 0 Å². The molecule has 0 unspecified atom stereocenters. The Morgan fingerprint density at radius 2 is 1.91 bits per heavy atom. The number of thiocarbonyl (C=S) groups is 1. The summed E-state index contributed by atoms with van der Waals surface area (Å²) in [4.78, 5) is 2.90. The Balaban J connectivity index is 1.99. The molecule has 188 valence electrons. The molecule has 1 heterocycles. The monoisotopic (exact) mass is 513 g/mol. The molecule has 0 aromatic heterocycles. The van der Waals surface area contributed by atoms with E-state index in [1.807, 2.05) is 0 Å². The highest BCUT2D eigenvalue weighted by Crippen LogP contribution is 2.37. The third kappa shape index (κ3) is 5.82. The van der Waals surface area contributed by atoms with Crippen molar-refractivity contribution in [3.05, 3.63) is 53.3 Å². The number of halogens is 4. The highest BCUT2D eigenvalue weighted by atomic mass is 32.1. The summed E-state index contributed by atoms with van der Waals surface area (Å²) in [5.74, 6) is -0.921. The Kier molecular flexibility index (Phi) is 7.86. The van der Waals surface area contributed by atoms with Gasteiger partial charge in [-0.2, -0.15) is 18.4 Å². The van der Waals surface area contributed by atoms with Crippen molar-refractivity contribution in [2.75, 3.05) is 36.4 Å². The minimum atomic E-state index is -4.75. The van der Waals surface area contributed by atoms with Crippen molar-refractivity contribution in [1.82, 2.24) is 0 Å². The van der Waals surface area contributed by atoms with Gasteiger partial charge in [0.1, 0.15) is 19.4 Å². The first kappa shape index (κ1) is 26.6. The lowest BCUT2D eigenvalue weighted by Gasteiger charge is -2.39. The number of benzene rings is 2. The summed E-state index contributed by atoms with van der Waals surface area (Å²) >= 11 is 5.63. The van der Waals surface area contributed by atoms with Gasteiger partial charge in [-0.25, -0.2) is 4.39 Å². The van der Waals surface area contributed by atoms with Crippen LogP contribution < -0.4 is 14.5 Å². The molecule has 0 aliphatic carbocycles. The Hall–Kier alpha value is -2.98. The summed E-state index contributed by atoms with van der Waals surface area (Å²) in [6.07, 6.45) is -5.93. The number of aliphatic hydroxyl groups is 2. The minimum absolute atomic E-state index is 0.0578. The van der Waals surface area contributed by atoms with Gasteiger partial charge in [0, 0.05) is 17.4 Å². The fourth-order valence-electron chi connectivity index (χ4n) is 3.55. The Labute approximate surface area is 204 Å². The van der Waals surface area contributed by atoms with E-state index in [0.29, 0.717) is 5.69 Å². The van der Waals surface area contributed by atoms with E-state index >= 15 is 0 Å². The third-order valence-corrected chi connectivity index (χ3v) is 5.66. The van der Waals surface area contributed by atoms with Gasteiger partial charge < -0.3 is 24.6 Å². The molecule has 2 aromatic carbocycles. The van der Waals surface area contributed by atoms with E-state index in [0.717, 1.165) is 18.2 Å². The molecule has 0 radical (unpaired) electrons. The second-order valence-electron chi connectivity index (χ2n) is 8.44. The zero-order chi connectivity index (χ0) is 26.0. The third-order valence-electron chi connectivity index (χ3n) is 5.26. The maximum atomic E-state index is 14.8. The van der Waals surface area contributed by atoms with E-state index in [-0.39, 0.29) is 36.5 Å². The molecule has 1 aliphatic heterocycles. The molecule has 0 bridgehead atoms. The van der Waals surface area contributed by atoms with Gasteiger partial charge >= 0.3 is 6.18 Å². The van der Waals surface area contributed by atoms with Crippen LogP contribution in [0.5, 0.6) is 5.75 Å². The van der Waals surface area contributed by atoms with E-state index in [1.165, 1.54) is 29.2 Å². The first-order valence-electron chi connectivity index (χ1n) is 10.4. The van der Waals surface area contributed by atoms with Gasteiger partial charge in [-0.3, -0.25) is 4.90 Å². The SMILES string of the molecule is CC1(C)COCN(c2ccc(C#N)c(C(F)(F)F)c2)C(=S)N1c1ccc(OC[C@@H](O)CO)c(F)c1. The number of rotatable bonds is 6. The van der Waals surface area contributed by atoms with Crippen molar-refractivity contribution in [1.29, 1.82) is 5.26 Å². The maximum Gasteiger partial charge on any atom is 0.417 e. The Bertz CT molecular complexity index is 1140. The number of alkyl halides is 3. The molecule has 3 rings (SSSR count). The summed E-state index contributed by atoms with van der Waals surface area (Å²) in [5, 5.41) is 27.4. The summed E-state index contributed by atoms with van der Waals surface area (Å²) in [7, 11) is 0. The highest BCUT2D eigenvalue weighted by molar-refractivity contribution is 7.80. The second kappa shape index (κ2) is 10.3. The van der Waals surface area contributed by atoms with E-state index in [4.69, 9.17) is 32.1 Å². The van der Waals surface area contributed by atoms with Crippen LogP contribution in [0.3, 0.4) is 0 Å². The van der Waals surface area contributed by atoms with Crippen molar-refractivity contribution in [3.8, 4) is 11.8 Å². The average Bonchev–Trinajstić information content (AvgIpc) is 2.91. The first-order chi connectivity index (χ1) is 16.4. The van der Waals surface area contributed by atoms with Crippen LogP contribution in [0, 0.1) is 17.1 Å². The number of aliphatic hydroxyl groups excluding tert-OH is 2. The van der Waals surface area contributed by atoms with E-state index in [9.17, 15) is 22.7 Å². The molecule has 12 heteroatoms. The van der Waals surface area contributed by atoms with E-state index in [2.05, 4.69) is 0 Å². The summed E-state index contributed by atoms with van der Waals surface area (Å²) < 4.78 is 66.2. The largest absolute Gasteiger partial charge is 0.488 e. The topological polar surface area (TPSA) is 89.2 Å². The van der Waals surface area contributed by atoms with Gasteiger partial charge in [-0.15, -0.1) is 0 Å². The molecular formula is C23H23F4N3O4S. The van der Waals surface area contributed by atoms with Crippen molar-refractivity contribution in [3.63, 3.8) is 0 Å². The predicted molar refractivity (Wildman–Crippen MR) is 124 cm³/mol. The smallest absolute Gasteiger partial charge is 0.417 e. The van der Waals surface area contributed by atoms with Crippen LogP contribution in [0.15, 0.2) is 36.4 Å². The zero-order valence-electron chi connectivity index (χ0n) is 18.8. The molecule has 1 fully saturated rings. The minimum Gasteiger partial charge on any atom is -0.488 e. The van der Waals surface area contributed by atoms with Crippen LogP contribution in [0.1, 0.15) is 25.0 Å². The van der Waals surface area contributed by atoms with Crippen molar-refractivity contribution in [2.45, 2.75) is 31.7 Å². The number of ether oxygens (including phenoxy) is 2. The fraction of sp³-hybridized carbons (Fsp3) is 0.391. The molecular weight excluding hydrogens is 490 g/mol. The average molecular weight is 514 g/mol. The highest BCUT2D eigenvalue weighted by Gasteiger charge is 2.38. The van der Waals surface area contributed by atoms with E-state index < -0.39 is 41.4 Å². The van der Waals surface area contributed by atoms with Crippen LogP contribution in [-0.4, -0.2) is 53.5 Å². The molecule has 1 aliphatic rings. The normalized spacial score (nSPS) is 17.1. The number of hydrogen-bond donors (Lipinski definition) is 2. The second-order valence-corrected chi connectivity index (χ2v) is 8.80. The summed E-state index contributed by atoms with van der Waals surface area (Å²) in [6, 6.07) is 8.76. The maximum absolute atomic E-state index is 14.8. The number of nitrogens with zero attached hydrogens (tertiary/aromatic N) is 3. The first-order valence-corrected chi connectivity index (χ1v) is 10.8. The van der Waals surface area contributed by atoms with Gasteiger partial charge in [-0.05, 0) is 56.4 Å². The van der Waals surface area contributed by atoms with Crippen LogP contribution in [-0.2, 0) is 10.9 Å². The van der Waals surface area contributed by atoms with Crippen molar-refractivity contribution >= 4 is 28.7 Å². The van der Waals surface area contributed by atoms with Gasteiger partial charge in [0.05, 0.1) is 35.9 Å². The number of nitriles is 1. The lowest BCUT2D eigenvalue weighted by atomic mass is 10.0. The molecule has 35 heavy (non-hydrogen) atoms. The Morgan fingerprint density at radius 3 is 2.51 bits per heavy atom. The molecule has 1 saturated heterocycles. The van der Waals surface area contributed by atoms with Crippen LogP contribution in [0.4, 0.5) is 28.9 Å². The van der Waals surface area contributed by atoms with Gasteiger partial charge in [0.15, 0.2) is 16.7 Å². The van der Waals surface area contributed by atoms with Gasteiger partial charge in [0.2, 0.25) is 0 Å². The van der Waals surface area contributed by atoms with Crippen LogP contribution >= 0.6 is 12.2 Å². The van der Waals surface area contributed by atoms with Crippen molar-refractivity contribution in [2.24, 2.45) is 0 Å². The lowest BCUT2D eigenvalue weighted by Crippen LogP contribution is -2.52. The fourth-order valence-corrected chi connectivity index (χ4v) is 4.06. The molecule has 0 saturated carbocycles.